The molecular weight excluding hydrogens is 264 g/mol. The third-order valence-electron chi connectivity index (χ3n) is 5.29. The quantitative estimate of drug-likeness (QED) is 0.821. The second kappa shape index (κ2) is 7.38. The largest absolute Gasteiger partial charge is 0.361 e. The molecule has 2 unspecified atom stereocenters. The van der Waals surface area contributed by atoms with E-state index < -0.39 is 0 Å². The van der Waals surface area contributed by atoms with E-state index >= 15 is 0 Å². The fourth-order valence-electron chi connectivity index (χ4n) is 3.83. The van der Waals surface area contributed by atoms with Gasteiger partial charge in [0.2, 0.25) is 0 Å². The zero-order chi connectivity index (χ0) is 14.7. The van der Waals surface area contributed by atoms with Crippen molar-refractivity contribution in [1.29, 1.82) is 0 Å². The molecule has 0 bridgehead atoms. The van der Waals surface area contributed by atoms with Crippen LogP contribution < -0.4 is 5.43 Å². The predicted molar refractivity (Wildman–Crippen MR) is 85.0 cm³/mol. The minimum Gasteiger partial charge on any atom is -0.361 e. The van der Waals surface area contributed by atoms with Crippen molar-refractivity contribution >= 4 is 0 Å². The van der Waals surface area contributed by atoms with Crippen molar-refractivity contribution in [2.24, 2.45) is 0 Å². The van der Waals surface area contributed by atoms with Crippen LogP contribution in [0.25, 0.3) is 0 Å². The zero-order valence-electron chi connectivity index (χ0n) is 13.8. The minimum atomic E-state index is 0.255. The zero-order valence-corrected chi connectivity index (χ0v) is 13.8. The van der Waals surface area contributed by atoms with Gasteiger partial charge in [-0.3, -0.25) is 9.80 Å². The summed E-state index contributed by atoms with van der Waals surface area (Å²) in [4.78, 5) is 5.11. The predicted octanol–water partition coefficient (Wildman–Crippen LogP) is 1.12. The monoisotopic (exact) mass is 296 g/mol. The number of ether oxygens (including phenoxy) is 1. The summed E-state index contributed by atoms with van der Waals surface area (Å²) in [7, 11) is 0. The van der Waals surface area contributed by atoms with Gasteiger partial charge in [0.05, 0.1) is 6.61 Å². The van der Waals surface area contributed by atoms with Crippen LogP contribution in [0.15, 0.2) is 0 Å². The van der Waals surface area contributed by atoms with E-state index in [4.69, 9.17) is 4.74 Å². The molecule has 0 amide bonds. The van der Waals surface area contributed by atoms with Gasteiger partial charge in [-0.05, 0) is 26.7 Å². The number of hydrogen-bond acceptors (Lipinski definition) is 5. The lowest BCUT2D eigenvalue weighted by molar-refractivity contribution is -0.00175. The topological polar surface area (TPSA) is 31.0 Å². The summed E-state index contributed by atoms with van der Waals surface area (Å²) < 4.78 is 6.06. The number of nitrogens with one attached hydrogen (secondary N) is 1. The fraction of sp³-hybridized carbons (Fsp3) is 1.00. The van der Waals surface area contributed by atoms with Gasteiger partial charge < -0.3 is 4.74 Å². The molecule has 3 fully saturated rings. The number of hydrazine groups is 1. The van der Waals surface area contributed by atoms with Crippen molar-refractivity contribution < 1.29 is 4.74 Å². The van der Waals surface area contributed by atoms with Crippen LogP contribution in [0.1, 0.15) is 39.5 Å². The number of piperidine rings is 1. The Morgan fingerprint density at radius 3 is 2.62 bits per heavy atom. The molecule has 3 aliphatic heterocycles. The number of piperazine rings is 1. The lowest BCUT2D eigenvalue weighted by Crippen LogP contribution is -2.49. The summed E-state index contributed by atoms with van der Waals surface area (Å²) in [6, 6.07) is 1.40. The van der Waals surface area contributed by atoms with Crippen LogP contribution in [0.4, 0.5) is 0 Å². The third-order valence-corrected chi connectivity index (χ3v) is 5.29. The molecular formula is C16H32N4O. The molecule has 0 aliphatic carbocycles. The Morgan fingerprint density at radius 2 is 1.90 bits per heavy atom. The molecule has 122 valence electrons. The van der Waals surface area contributed by atoms with E-state index in [9.17, 15) is 0 Å². The Bertz CT molecular complexity index is 303. The molecule has 0 aromatic heterocycles. The molecule has 0 aromatic rings. The van der Waals surface area contributed by atoms with E-state index in [0.717, 1.165) is 19.2 Å². The van der Waals surface area contributed by atoms with Gasteiger partial charge in [0.15, 0.2) is 0 Å². The smallest absolute Gasteiger partial charge is 0.122 e. The molecule has 5 heteroatoms. The van der Waals surface area contributed by atoms with Gasteiger partial charge >= 0.3 is 0 Å². The molecule has 3 heterocycles. The van der Waals surface area contributed by atoms with Crippen molar-refractivity contribution in [3.05, 3.63) is 0 Å². The van der Waals surface area contributed by atoms with Crippen molar-refractivity contribution in [3.8, 4) is 0 Å². The first-order valence-corrected chi connectivity index (χ1v) is 8.83. The maximum absolute atomic E-state index is 6.06. The van der Waals surface area contributed by atoms with Crippen LogP contribution in [0.5, 0.6) is 0 Å². The average molecular weight is 296 g/mol. The first kappa shape index (κ1) is 15.7. The van der Waals surface area contributed by atoms with Crippen molar-refractivity contribution in [1.82, 2.24) is 20.2 Å². The molecule has 3 saturated heterocycles. The Labute approximate surface area is 129 Å². The molecule has 3 aliphatic rings. The summed E-state index contributed by atoms with van der Waals surface area (Å²) >= 11 is 0. The van der Waals surface area contributed by atoms with Gasteiger partial charge in [0.25, 0.3) is 0 Å². The van der Waals surface area contributed by atoms with Gasteiger partial charge in [0, 0.05) is 57.8 Å². The van der Waals surface area contributed by atoms with E-state index in [1.54, 1.807) is 0 Å². The Hall–Kier alpha value is -0.200. The van der Waals surface area contributed by atoms with Gasteiger partial charge in [-0.15, -0.1) is 0 Å². The van der Waals surface area contributed by atoms with Crippen LogP contribution in [0.2, 0.25) is 0 Å². The summed E-state index contributed by atoms with van der Waals surface area (Å²) in [5, 5.41) is 2.41. The maximum Gasteiger partial charge on any atom is 0.122 e. The number of hydrogen-bond donors (Lipinski definition) is 1. The van der Waals surface area contributed by atoms with E-state index in [-0.39, 0.29) is 6.23 Å². The molecule has 0 aromatic carbocycles. The van der Waals surface area contributed by atoms with Crippen LogP contribution >= 0.6 is 0 Å². The number of fused-ring (bicyclic) bond motifs is 1. The first-order valence-electron chi connectivity index (χ1n) is 8.83. The lowest BCUT2D eigenvalue weighted by Gasteiger charge is -2.36. The van der Waals surface area contributed by atoms with Gasteiger partial charge in [-0.2, -0.15) is 0 Å². The molecule has 0 radical (unpaired) electrons. The van der Waals surface area contributed by atoms with E-state index in [2.05, 4.69) is 34.1 Å². The first-order chi connectivity index (χ1) is 10.2. The van der Waals surface area contributed by atoms with E-state index in [1.165, 1.54) is 58.4 Å². The normalized spacial score (nSPS) is 32.7. The van der Waals surface area contributed by atoms with Crippen LogP contribution in [-0.2, 0) is 4.74 Å². The van der Waals surface area contributed by atoms with Gasteiger partial charge in [0.1, 0.15) is 6.23 Å². The fourth-order valence-corrected chi connectivity index (χ4v) is 3.83. The second-order valence-corrected chi connectivity index (χ2v) is 7.04. The van der Waals surface area contributed by atoms with Crippen molar-refractivity contribution in [3.63, 3.8) is 0 Å². The molecule has 21 heavy (non-hydrogen) atoms. The summed E-state index contributed by atoms with van der Waals surface area (Å²) in [5.41, 5.74) is 3.54. The summed E-state index contributed by atoms with van der Waals surface area (Å²) in [6.07, 6.45) is 5.47. The van der Waals surface area contributed by atoms with E-state index in [0.29, 0.717) is 6.04 Å². The summed E-state index contributed by atoms with van der Waals surface area (Å²) in [5.74, 6) is 0. The lowest BCUT2D eigenvalue weighted by atomic mass is 10.0. The Morgan fingerprint density at radius 1 is 1.10 bits per heavy atom. The molecule has 3 rings (SSSR count). The molecule has 0 spiro atoms. The molecule has 1 N–H and O–H groups in total. The van der Waals surface area contributed by atoms with Crippen molar-refractivity contribution in [2.75, 3.05) is 45.9 Å². The average Bonchev–Trinajstić information content (AvgIpc) is 2.90. The minimum absolute atomic E-state index is 0.255. The Balaban J connectivity index is 1.30. The highest BCUT2D eigenvalue weighted by Gasteiger charge is 2.33. The highest BCUT2D eigenvalue weighted by molar-refractivity contribution is 4.83. The van der Waals surface area contributed by atoms with Gasteiger partial charge in [-0.25, -0.2) is 10.4 Å². The van der Waals surface area contributed by atoms with Crippen LogP contribution in [0.3, 0.4) is 0 Å². The van der Waals surface area contributed by atoms with Crippen LogP contribution in [-0.4, -0.2) is 79.0 Å². The second-order valence-electron chi connectivity index (χ2n) is 7.04. The summed E-state index contributed by atoms with van der Waals surface area (Å²) in [6.45, 7) is 12.5. The highest BCUT2D eigenvalue weighted by atomic mass is 16.5. The van der Waals surface area contributed by atoms with E-state index in [1.807, 2.05) is 0 Å². The Kier molecular flexibility index (Phi) is 5.51. The number of nitrogens with zero attached hydrogens (tertiary/aromatic N) is 3. The number of rotatable bonds is 5. The highest BCUT2D eigenvalue weighted by Crippen LogP contribution is 2.24. The van der Waals surface area contributed by atoms with Crippen LogP contribution in [0, 0.1) is 0 Å². The maximum atomic E-state index is 6.06. The standard InChI is InChI=1S/C16H32N4O/c1-14(2)19-9-7-18(8-10-19)11-12-21-16-13-15-5-3-4-6-20(15)17-16/h14-17H,3-13H2,1-2H3. The SMILES string of the molecule is CC(C)N1CCN(CCOC2CC3CCCCN3N2)CC1. The molecule has 2 atom stereocenters. The molecule has 0 saturated carbocycles. The molecule has 5 nitrogen and oxygen atoms in total. The van der Waals surface area contributed by atoms with Gasteiger partial charge in [-0.1, -0.05) is 6.42 Å². The van der Waals surface area contributed by atoms with Crippen molar-refractivity contribution in [2.45, 2.75) is 57.8 Å². The third kappa shape index (κ3) is 4.17.